The predicted molar refractivity (Wildman–Crippen MR) is 61.4 cm³/mol. The number of halogens is 1. The lowest BCUT2D eigenvalue weighted by Gasteiger charge is -2.13. The number of primary amides is 1. The van der Waals surface area contributed by atoms with E-state index >= 15 is 0 Å². The van der Waals surface area contributed by atoms with E-state index in [-0.39, 0.29) is 6.04 Å². The Balaban J connectivity index is 3.08. The first kappa shape index (κ1) is 11.0. The monoisotopic (exact) mass is 256 g/mol. The van der Waals surface area contributed by atoms with Crippen molar-refractivity contribution < 1.29 is 4.79 Å². The molecule has 0 atom stereocenters. The molecule has 0 aliphatic heterocycles. The Hall–Kier alpha value is -1.03. The van der Waals surface area contributed by atoms with Gasteiger partial charge in [0, 0.05) is 16.2 Å². The Labute approximate surface area is 91.8 Å². The Bertz CT molecular complexity index is 350. The van der Waals surface area contributed by atoms with Crippen molar-refractivity contribution in [3.8, 4) is 0 Å². The minimum Gasteiger partial charge on any atom is -0.382 e. The summed E-state index contributed by atoms with van der Waals surface area (Å²) in [6.07, 6.45) is 0. The minimum absolute atomic E-state index is 0.272. The van der Waals surface area contributed by atoms with Gasteiger partial charge < -0.3 is 11.1 Å². The first-order valence-electron chi connectivity index (χ1n) is 4.36. The molecule has 1 amide bonds. The summed E-state index contributed by atoms with van der Waals surface area (Å²) in [5.41, 5.74) is 6.54. The van der Waals surface area contributed by atoms with E-state index in [0.29, 0.717) is 5.56 Å². The molecule has 0 saturated heterocycles. The van der Waals surface area contributed by atoms with Crippen molar-refractivity contribution in [1.82, 2.24) is 0 Å². The average molecular weight is 257 g/mol. The summed E-state index contributed by atoms with van der Waals surface area (Å²) < 4.78 is 0.848. The molecule has 4 heteroatoms. The quantitative estimate of drug-likeness (QED) is 0.873. The molecule has 0 saturated carbocycles. The second kappa shape index (κ2) is 4.46. The summed E-state index contributed by atoms with van der Waals surface area (Å²) in [6.45, 7) is 4.01. The van der Waals surface area contributed by atoms with Gasteiger partial charge in [-0.05, 0) is 32.0 Å². The smallest absolute Gasteiger partial charge is 0.250 e. The number of carbonyl (C=O) groups excluding carboxylic acids is 1. The average Bonchev–Trinajstić information content (AvgIpc) is 2.07. The Morgan fingerprint density at radius 2 is 2.14 bits per heavy atom. The number of nitrogens with one attached hydrogen (secondary N) is 1. The Morgan fingerprint density at radius 1 is 1.50 bits per heavy atom. The van der Waals surface area contributed by atoms with Gasteiger partial charge >= 0.3 is 0 Å². The van der Waals surface area contributed by atoms with E-state index in [1.165, 1.54) is 0 Å². The first-order chi connectivity index (χ1) is 6.50. The van der Waals surface area contributed by atoms with Crippen LogP contribution < -0.4 is 11.1 Å². The molecule has 1 rings (SSSR count). The van der Waals surface area contributed by atoms with Crippen molar-refractivity contribution in [3.05, 3.63) is 28.2 Å². The fraction of sp³-hybridized carbons (Fsp3) is 0.300. The van der Waals surface area contributed by atoms with Crippen LogP contribution in [0.1, 0.15) is 24.2 Å². The van der Waals surface area contributed by atoms with Gasteiger partial charge in [-0.25, -0.2) is 0 Å². The van der Waals surface area contributed by atoms with Gasteiger partial charge in [-0.3, -0.25) is 4.79 Å². The molecule has 0 radical (unpaired) electrons. The molecule has 1 aromatic rings. The summed E-state index contributed by atoms with van der Waals surface area (Å²) >= 11 is 3.30. The van der Waals surface area contributed by atoms with Gasteiger partial charge in [0.05, 0.1) is 5.56 Å². The second-order valence-corrected chi connectivity index (χ2v) is 4.27. The fourth-order valence-electron chi connectivity index (χ4n) is 1.16. The molecular weight excluding hydrogens is 244 g/mol. The van der Waals surface area contributed by atoms with Crippen molar-refractivity contribution in [2.45, 2.75) is 19.9 Å². The zero-order valence-electron chi connectivity index (χ0n) is 8.17. The predicted octanol–water partition coefficient (Wildman–Crippen LogP) is 2.37. The summed E-state index contributed by atoms with van der Waals surface area (Å²) in [4.78, 5) is 11.1. The van der Waals surface area contributed by atoms with Crippen molar-refractivity contribution in [1.29, 1.82) is 0 Å². The molecule has 0 aliphatic carbocycles. The van der Waals surface area contributed by atoms with Gasteiger partial charge in [0.2, 0.25) is 0 Å². The van der Waals surface area contributed by atoms with Crippen molar-refractivity contribution in [3.63, 3.8) is 0 Å². The SMILES string of the molecule is CC(C)Nc1ccc(Br)cc1C(N)=O. The third-order valence-electron chi connectivity index (χ3n) is 1.69. The second-order valence-electron chi connectivity index (χ2n) is 3.35. The maximum atomic E-state index is 11.1. The van der Waals surface area contributed by atoms with E-state index < -0.39 is 5.91 Å². The van der Waals surface area contributed by atoms with Crippen LogP contribution in [0.25, 0.3) is 0 Å². The van der Waals surface area contributed by atoms with Crippen LogP contribution in [0.2, 0.25) is 0 Å². The normalized spacial score (nSPS) is 10.3. The number of hydrogen-bond acceptors (Lipinski definition) is 2. The molecule has 3 N–H and O–H groups in total. The van der Waals surface area contributed by atoms with Gasteiger partial charge in [0.25, 0.3) is 5.91 Å². The fourth-order valence-corrected chi connectivity index (χ4v) is 1.52. The number of carbonyl (C=O) groups is 1. The van der Waals surface area contributed by atoms with E-state index in [1.54, 1.807) is 6.07 Å². The third kappa shape index (κ3) is 2.73. The van der Waals surface area contributed by atoms with Crippen LogP contribution in [0, 0.1) is 0 Å². The van der Waals surface area contributed by atoms with E-state index in [4.69, 9.17) is 5.73 Å². The van der Waals surface area contributed by atoms with Gasteiger partial charge in [-0.2, -0.15) is 0 Å². The zero-order chi connectivity index (χ0) is 10.7. The van der Waals surface area contributed by atoms with Crippen LogP contribution in [0.4, 0.5) is 5.69 Å². The number of amides is 1. The zero-order valence-corrected chi connectivity index (χ0v) is 9.76. The first-order valence-corrected chi connectivity index (χ1v) is 5.16. The highest BCUT2D eigenvalue weighted by atomic mass is 79.9. The minimum atomic E-state index is -0.422. The van der Waals surface area contributed by atoms with Crippen LogP contribution in [0.5, 0.6) is 0 Å². The van der Waals surface area contributed by atoms with Gasteiger partial charge in [-0.15, -0.1) is 0 Å². The molecule has 0 aromatic heterocycles. The molecule has 0 aliphatic rings. The highest BCUT2D eigenvalue weighted by Crippen LogP contribution is 2.21. The molecule has 3 nitrogen and oxygen atoms in total. The molecule has 0 bridgehead atoms. The highest BCUT2D eigenvalue weighted by Gasteiger charge is 2.08. The van der Waals surface area contributed by atoms with Crippen LogP contribution in [0.15, 0.2) is 22.7 Å². The maximum Gasteiger partial charge on any atom is 0.250 e. The van der Waals surface area contributed by atoms with Crippen molar-refractivity contribution in [2.75, 3.05) is 5.32 Å². The number of benzene rings is 1. The lowest BCUT2D eigenvalue weighted by atomic mass is 10.1. The molecule has 14 heavy (non-hydrogen) atoms. The molecule has 76 valence electrons. The van der Waals surface area contributed by atoms with Gasteiger partial charge in [0.1, 0.15) is 0 Å². The van der Waals surface area contributed by atoms with Gasteiger partial charge in [0.15, 0.2) is 0 Å². The number of hydrogen-bond donors (Lipinski definition) is 2. The Morgan fingerprint density at radius 3 is 2.64 bits per heavy atom. The third-order valence-corrected chi connectivity index (χ3v) is 2.18. The summed E-state index contributed by atoms with van der Waals surface area (Å²) in [7, 11) is 0. The topological polar surface area (TPSA) is 55.1 Å². The van der Waals surface area contributed by atoms with E-state index in [0.717, 1.165) is 10.2 Å². The lowest BCUT2D eigenvalue weighted by Crippen LogP contribution is -2.17. The molecule has 1 aromatic carbocycles. The van der Waals surface area contributed by atoms with Crippen LogP contribution >= 0.6 is 15.9 Å². The summed E-state index contributed by atoms with van der Waals surface area (Å²) in [5, 5.41) is 3.16. The number of rotatable bonds is 3. The van der Waals surface area contributed by atoms with Crippen molar-refractivity contribution >= 4 is 27.5 Å². The van der Waals surface area contributed by atoms with E-state index in [2.05, 4.69) is 21.2 Å². The highest BCUT2D eigenvalue weighted by molar-refractivity contribution is 9.10. The molecule has 0 heterocycles. The largest absolute Gasteiger partial charge is 0.382 e. The van der Waals surface area contributed by atoms with Crippen LogP contribution in [-0.4, -0.2) is 11.9 Å². The van der Waals surface area contributed by atoms with E-state index in [9.17, 15) is 4.79 Å². The lowest BCUT2D eigenvalue weighted by molar-refractivity contribution is 0.100. The standard InChI is InChI=1S/C10H13BrN2O/c1-6(2)13-9-4-3-7(11)5-8(9)10(12)14/h3-6,13H,1-2H3,(H2,12,14). The molecular formula is C10H13BrN2O. The van der Waals surface area contributed by atoms with Crippen LogP contribution in [0.3, 0.4) is 0 Å². The van der Waals surface area contributed by atoms with E-state index in [1.807, 2.05) is 26.0 Å². The summed E-state index contributed by atoms with van der Waals surface area (Å²) in [5.74, 6) is -0.422. The molecule has 0 spiro atoms. The molecule has 0 fully saturated rings. The van der Waals surface area contributed by atoms with Crippen LogP contribution in [-0.2, 0) is 0 Å². The number of anilines is 1. The number of nitrogens with two attached hydrogens (primary N) is 1. The van der Waals surface area contributed by atoms with Gasteiger partial charge in [-0.1, -0.05) is 15.9 Å². The summed E-state index contributed by atoms with van der Waals surface area (Å²) in [6, 6.07) is 5.70. The van der Waals surface area contributed by atoms with Crippen molar-refractivity contribution in [2.24, 2.45) is 5.73 Å². The maximum absolute atomic E-state index is 11.1. The molecule has 0 unspecified atom stereocenters. The Kier molecular flexibility index (Phi) is 3.52.